The van der Waals surface area contributed by atoms with Crippen LogP contribution in [0, 0.1) is 23.7 Å². The maximum Gasteiger partial charge on any atom is 0.310 e. The third-order valence-electron chi connectivity index (χ3n) is 12.2. The quantitative estimate of drug-likeness (QED) is 0.0658. The number of rotatable bonds is 23. The first kappa shape index (κ1) is 47.1. The highest BCUT2D eigenvalue weighted by Gasteiger charge is 2.37. The van der Waals surface area contributed by atoms with Crippen LogP contribution in [-0.4, -0.2) is 92.5 Å². The molecule has 0 spiro atoms. The van der Waals surface area contributed by atoms with E-state index < -0.39 is 18.0 Å². The van der Waals surface area contributed by atoms with Gasteiger partial charge in [0.05, 0.1) is 44.5 Å². The summed E-state index contributed by atoms with van der Waals surface area (Å²) >= 11 is 0. The molecule has 3 saturated carbocycles. The number of ether oxygens (including phenoxy) is 1. The van der Waals surface area contributed by atoms with Gasteiger partial charge < -0.3 is 48.5 Å². The average molecular weight is 794 g/mol. The Morgan fingerprint density at radius 1 is 0.536 bits per heavy atom. The maximum absolute atomic E-state index is 13.8. The Balaban J connectivity index is 1.59. The van der Waals surface area contributed by atoms with Gasteiger partial charge in [0.2, 0.25) is 29.5 Å². The molecule has 0 aromatic heterocycles. The van der Waals surface area contributed by atoms with Crippen LogP contribution in [0.4, 0.5) is 0 Å². The van der Waals surface area contributed by atoms with E-state index in [2.05, 4.69) is 50.7 Å². The molecule has 3 aliphatic carbocycles. The number of esters is 1. The first-order valence-electron chi connectivity index (χ1n) is 21.9. The van der Waals surface area contributed by atoms with E-state index in [1.165, 1.54) is 7.11 Å². The summed E-state index contributed by atoms with van der Waals surface area (Å²) in [4.78, 5) is 79.7. The Morgan fingerprint density at radius 3 is 1.30 bits per heavy atom. The molecular formula is C41H77N8O7+3. The second-order valence-electron chi connectivity index (χ2n) is 16.8. The zero-order valence-corrected chi connectivity index (χ0v) is 34.6. The lowest BCUT2D eigenvalue weighted by molar-refractivity contribution is -0.369. The van der Waals surface area contributed by atoms with Crippen LogP contribution in [0.3, 0.4) is 0 Å². The van der Waals surface area contributed by atoms with Gasteiger partial charge >= 0.3 is 5.97 Å². The van der Waals surface area contributed by atoms with Gasteiger partial charge in [0, 0.05) is 49.5 Å². The number of amides is 5. The monoisotopic (exact) mass is 794 g/mol. The SMILES string of the molecule is COC(=O)C1CCCCC1NC(=O)C[C@@H](CCC[NH3+])NC(=O)C1CCCCC1NC(=O)C[C@@H](CCC[NH3+])NC(=O)C1CCCCC1NC(=O)C[C@H](C)CCC[NH3+]. The minimum Gasteiger partial charge on any atom is -0.469 e. The second-order valence-corrected chi connectivity index (χ2v) is 16.8. The van der Waals surface area contributed by atoms with Crippen molar-refractivity contribution in [2.75, 3.05) is 26.7 Å². The lowest BCUT2D eigenvalue weighted by Gasteiger charge is -2.34. The first-order chi connectivity index (χ1) is 27.0. The molecule has 0 saturated heterocycles. The molecule has 3 aliphatic rings. The third kappa shape index (κ3) is 16.3. The average Bonchev–Trinajstić information content (AvgIpc) is 3.18. The van der Waals surface area contributed by atoms with Crippen LogP contribution < -0.4 is 43.8 Å². The molecule has 3 fully saturated rings. The van der Waals surface area contributed by atoms with Gasteiger partial charge in [-0.15, -0.1) is 0 Å². The van der Waals surface area contributed by atoms with Gasteiger partial charge in [-0.25, -0.2) is 0 Å². The first-order valence-corrected chi connectivity index (χ1v) is 21.9. The fourth-order valence-corrected chi connectivity index (χ4v) is 8.98. The molecule has 5 amide bonds. The maximum atomic E-state index is 13.8. The Hall–Kier alpha value is -3.30. The number of nitrogens with one attached hydrogen (secondary N) is 5. The van der Waals surface area contributed by atoms with E-state index in [1.807, 2.05) is 0 Å². The van der Waals surface area contributed by atoms with Crippen LogP contribution >= 0.6 is 0 Å². The number of hydrogen-bond donors (Lipinski definition) is 8. The second kappa shape index (κ2) is 25.9. The summed E-state index contributed by atoms with van der Waals surface area (Å²) in [6.45, 7) is 4.27. The lowest BCUT2D eigenvalue weighted by atomic mass is 9.83. The van der Waals surface area contributed by atoms with Gasteiger partial charge in [0.15, 0.2) is 0 Å². The van der Waals surface area contributed by atoms with Crippen molar-refractivity contribution in [3.8, 4) is 0 Å². The normalized spacial score (nSPS) is 25.4. The topological polar surface area (TPSA) is 255 Å². The van der Waals surface area contributed by atoms with Crippen LogP contribution in [0.15, 0.2) is 0 Å². The van der Waals surface area contributed by atoms with Crippen molar-refractivity contribution in [2.45, 2.75) is 172 Å². The molecule has 0 radical (unpaired) electrons. The Kier molecular flexibility index (Phi) is 21.7. The van der Waals surface area contributed by atoms with Crippen molar-refractivity contribution >= 4 is 35.5 Å². The zero-order valence-electron chi connectivity index (χ0n) is 34.6. The molecule has 15 nitrogen and oxygen atoms in total. The number of quaternary nitrogens is 3. The standard InChI is InChI=1S/C41H74N8O7/c1-27(12-9-21-42)24-36(50)47-33-18-6-3-15-30(33)39(53)45-28(13-10-22-43)25-37(51)48-34-19-7-4-16-31(34)40(54)46-29(14-11-23-44)26-38(52)49-35-20-8-5-17-32(35)41(55)56-2/h27-35H,3-26,42-44H2,1-2H3,(H,45,53)(H,46,54)(H,47,50)(H,48,51)(H,49,52)/p+3/t27-,28-,29-,30?,31?,32?,33?,34?,35?/m1/s1. The zero-order chi connectivity index (χ0) is 40.9. The Bertz CT molecular complexity index is 1250. The summed E-state index contributed by atoms with van der Waals surface area (Å²) in [6, 6.07) is -1.67. The van der Waals surface area contributed by atoms with Gasteiger partial charge in [0.25, 0.3) is 0 Å². The van der Waals surface area contributed by atoms with Crippen LogP contribution in [0.2, 0.25) is 0 Å². The predicted octanol–water partition coefficient (Wildman–Crippen LogP) is 0.0267. The van der Waals surface area contributed by atoms with E-state index in [9.17, 15) is 28.8 Å². The van der Waals surface area contributed by atoms with Crippen LogP contribution in [0.1, 0.15) is 142 Å². The molecule has 56 heavy (non-hydrogen) atoms. The molecule has 3 rings (SSSR count). The fourth-order valence-electron chi connectivity index (χ4n) is 8.98. The Morgan fingerprint density at radius 2 is 0.893 bits per heavy atom. The van der Waals surface area contributed by atoms with E-state index in [0.29, 0.717) is 64.5 Å². The highest BCUT2D eigenvalue weighted by molar-refractivity contribution is 5.85. The molecule has 0 aliphatic heterocycles. The number of carbonyl (C=O) groups excluding carboxylic acids is 6. The van der Waals surface area contributed by atoms with Crippen LogP contribution in [0.25, 0.3) is 0 Å². The third-order valence-corrected chi connectivity index (χ3v) is 12.2. The molecule has 0 aromatic rings. The van der Waals surface area contributed by atoms with Crippen molar-refractivity contribution in [1.82, 2.24) is 26.6 Å². The lowest BCUT2D eigenvalue weighted by Crippen LogP contribution is -2.54. The van der Waals surface area contributed by atoms with Crippen molar-refractivity contribution < 1.29 is 50.7 Å². The van der Waals surface area contributed by atoms with Gasteiger partial charge in [-0.2, -0.15) is 0 Å². The van der Waals surface area contributed by atoms with Crippen molar-refractivity contribution in [2.24, 2.45) is 23.7 Å². The summed E-state index contributed by atoms with van der Waals surface area (Å²) in [5.41, 5.74) is 11.8. The van der Waals surface area contributed by atoms with Gasteiger partial charge in [-0.05, 0) is 83.0 Å². The van der Waals surface area contributed by atoms with Crippen LogP contribution in [-0.2, 0) is 33.5 Å². The molecule has 0 heterocycles. The number of methoxy groups -OCH3 is 1. The summed E-state index contributed by atoms with van der Waals surface area (Å²) in [7, 11) is 1.37. The summed E-state index contributed by atoms with van der Waals surface area (Å²) < 4.78 is 4.99. The van der Waals surface area contributed by atoms with E-state index in [1.54, 1.807) is 0 Å². The number of hydrogen-bond acceptors (Lipinski definition) is 7. The van der Waals surface area contributed by atoms with Gasteiger partial charge in [-0.1, -0.05) is 45.4 Å². The molecule has 0 bridgehead atoms. The summed E-state index contributed by atoms with van der Waals surface area (Å²) in [6.07, 6.45) is 14.8. The van der Waals surface area contributed by atoms with Gasteiger partial charge in [-0.3, -0.25) is 28.8 Å². The summed E-state index contributed by atoms with van der Waals surface area (Å²) in [5, 5.41) is 15.7. The fraction of sp³-hybridized carbons (Fsp3) is 0.854. The minimum atomic E-state index is -0.444. The van der Waals surface area contributed by atoms with E-state index in [-0.39, 0.29) is 84.2 Å². The van der Waals surface area contributed by atoms with E-state index in [0.717, 1.165) is 77.2 Å². The van der Waals surface area contributed by atoms with Gasteiger partial charge in [0.1, 0.15) is 0 Å². The van der Waals surface area contributed by atoms with Crippen molar-refractivity contribution in [1.29, 1.82) is 0 Å². The highest BCUT2D eigenvalue weighted by Crippen LogP contribution is 2.28. The molecule has 6 unspecified atom stereocenters. The molecule has 9 atom stereocenters. The molecule has 320 valence electrons. The summed E-state index contributed by atoms with van der Waals surface area (Å²) in [5.74, 6) is -1.95. The molecule has 15 heteroatoms. The van der Waals surface area contributed by atoms with Crippen LogP contribution in [0.5, 0.6) is 0 Å². The minimum absolute atomic E-state index is 0.0181. The van der Waals surface area contributed by atoms with E-state index in [4.69, 9.17) is 4.74 Å². The van der Waals surface area contributed by atoms with Crippen molar-refractivity contribution in [3.05, 3.63) is 0 Å². The molecule has 0 aromatic carbocycles. The Labute approximate surface area is 334 Å². The number of carbonyl (C=O) groups is 6. The largest absolute Gasteiger partial charge is 0.469 e. The predicted molar refractivity (Wildman–Crippen MR) is 212 cm³/mol. The van der Waals surface area contributed by atoms with Crippen molar-refractivity contribution in [3.63, 3.8) is 0 Å². The highest BCUT2D eigenvalue weighted by atomic mass is 16.5. The smallest absolute Gasteiger partial charge is 0.310 e. The van der Waals surface area contributed by atoms with E-state index >= 15 is 0 Å². The molecule has 14 N–H and O–H groups in total. The molecular weight excluding hydrogens is 716 g/mol.